The summed E-state index contributed by atoms with van der Waals surface area (Å²) in [5.74, 6) is 0.873. The molecule has 30 heavy (non-hydrogen) atoms. The summed E-state index contributed by atoms with van der Waals surface area (Å²) in [6.45, 7) is 5.44. The predicted molar refractivity (Wildman–Crippen MR) is 119 cm³/mol. The molecule has 0 atom stereocenters. The van der Waals surface area contributed by atoms with Gasteiger partial charge in [0.05, 0.1) is 11.0 Å². The minimum absolute atomic E-state index is 0.0739. The first kappa shape index (κ1) is 19.1. The molecule has 1 aromatic carbocycles. The number of aryl methyl sites for hydroxylation is 1. The molecular formula is C22H23ClN6O. The molecule has 0 saturated carbocycles. The molecule has 0 N–H and O–H groups in total. The van der Waals surface area contributed by atoms with Gasteiger partial charge >= 0.3 is 0 Å². The van der Waals surface area contributed by atoms with Crippen LogP contribution >= 0.6 is 11.6 Å². The number of aromatic nitrogens is 4. The summed E-state index contributed by atoms with van der Waals surface area (Å²) in [5, 5.41) is 8.52. The van der Waals surface area contributed by atoms with Crippen LogP contribution in [0.3, 0.4) is 0 Å². The van der Waals surface area contributed by atoms with Crippen LogP contribution in [0.1, 0.15) is 6.42 Å². The number of anilines is 1. The van der Waals surface area contributed by atoms with Crippen LogP contribution in [0.2, 0.25) is 5.15 Å². The third-order valence-corrected chi connectivity index (χ3v) is 6.02. The van der Waals surface area contributed by atoms with Crippen molar-refractivity contribution < 1.29 is 0 Å². The lowest BCUT2D eigenvalue weighted by molar-refractivity contribution is 0.250. The van der Waals surface area contributed by atoms with Gasteiger partial charge in [0.15, 0.2) is 11.0 Å². The monoisotopic (exact) mass is 422 g/mol. The van der Waals surface area contributed by atoms with Gasteiger partial charge in [-0.15, -0.1) is 10.2 Å². The molecule has 4 heterocycles. The van der Waals surface area contributed by atoms with Crippen molar-refractivity contribution >= 4 is 34.0 Å². The second kappa shape index (κ2) is 8.08. The van der Waals surface area contributed by atoms with Gasteiger partial charge < -0.3 is 13.9 Å². The SMILES string of the molecule is O=c1c2cccn2c2ccccc2n1CCCN1CCN(c2ccc(Cl)nn2)CC1. The van der Waals surface area contributed by atoms with Crippen LogP contribution in [0.25, 0.3) is 16.6 Å². The number of piperazine rings is 1. The number of hydrogen-bond donors (Lipinski definition) is 0. The first-order valence-corrected chi connectivity index (χ1v) is 10.6. The van der Waals surface area contributed by atoms with Crippen molar-refractivity contribution in [1.82, 2.24) is 24.1 Å². The number of rotatable bonds is 5. The lowest BCUT2D eigenvalue weighted by Gasteiger charge is -2.35. The highest BCUT2D eigenvalue weighted by molar-refractivity contribution is 6.29. The maximum absolute atomic E-state index is 13.0. The van der Waals surface area contributed by atoms with Gasteiger partial charge in [0.25, 0.3) is 5.56 Å². The summed E-state index contributed by atoms with van der Waals surface area (Å²) in [6, 6.07) is 15.6. The summed E-state index contributed by atoms with van der Waals surface area (Å²) in [7, 11) is 0. The number of benzene rings is 1. The Hall–Kier alpha value is -2.90. The second-order valence-electron chi connectivity index (χ2n) is 7.61. The molecule has 0 radical (unpaired) electrons. The van der Waals surface area contributed by atoms with Crippen molar-refractivity contribution in [3.05, 3.63) is 70.2 Å². The number of hydrogen-bond acceptors (Lipinski definition) is 5. The van der Waals surface area contributed by atoms with Crippen LogP contribution in [-0.2, 0) is 6.54 Å². The third kappa shape index (κ3) is 3.55. The molecule has 3 aromatic heterocycles. The first-order valence-electron chi connectivity index (χ1n) is 10.3. The van der Waals surface area contributed by atoms with E-state index in [4.69, 9.17) is 11.6 Å². The van der Waals surface area contributed by atoms with Crippen molar-refractivity contribution in [1.29, 1.82) is 0 Å². The summed E-state index contributed by atoms with van der Waals surface area (Å²) in [5.41, 5.74) is 2.85. The number of fused-ring (bicyclic) bond motifs is 3. The van der Waals surface area contributed by atoms with Gasteiger partial charge in [-0.05, 0) is 49.4 Å². The summed E-state index contributed by atoms with van der Waals surface area (Å²) >= 11 is 5.83. The van der Waals surface area contributed by atoms with E-state index in [1.54, 1.807) is 6.07 Å². The van der Waals surface area contributed by atoms with Gasteiger partial charge in [-0.1, -0.05) is 23.7 Å². The summed E-state index contributed by atoms with van der Waals surface area (Å²) in [4.78, 5) is 17.7. The van der Waals surface area contributed by atoms with E-state index in [2.05, 4.69) is 26.1 Å². The fourth-order valence-corrected chi connectivity index (χ4v) is 4.36. The van der Waals surface area contributed by atoms with Crippen LogP contribution < -0.4 is 10.5 Å². The van der Waals surface area contributed by atoms with E-state index in [1.165, 1.54) is 0 Å². The Morgan fingerprint density at radius 1 is 0.833 bits per heavy atom. The van der Waals surface area contributed by atoms with E-state index < -0.39 is 0 Å². The van der Waals surface area contributed by atoms with Crippen molar-refractivity contribution in [2.75, 3.05) is 37.6 Å². The molecule has 8 heteroatoms. The second-order valence-corrected chi connectivity index (χ2v) is 7.99. The van der Waals surface area contributed by atoms with E-state index in [0.717, 1.165) is 61.5 Å². The number of nitrogens with zero attached hydrogens (tertiary/aromatic N) is 6. The Balaban J connectivity index is 1.24. The standard InChI is InChI=1S/C22H23ClN6O/c23-20-8-9-21(25-24-20)27-15-13-26(14-16-27)10-4-12-29-18-6-2-1-5-17(18)28-11-3-7-19(28)22(29)30/h1-3,5-9,11H,4,10,12-16H2. The van der Waals surface area contributed by atoms with Crippen LogP contribution in [0.4, 0.5) is 5.82 Å². The normalized spacial score (nSPS) is 15.3. The quantitative estimate of drug-likeness (QED) is 0.495. The van der Waals surface area contributed by atoms with Gasteiger partial charge in [-0.25, -0.2) is 0 Å². The zero-order valence-corrected chi connectivity index (χ0v) is 17.4. The Labute approximate surface area is 179 Å². The Morgan fingerprint density at radius 3 is 2.37 bits per heavy atom. The Morgan fingerprint density at radius 2 is 1.60 bits per heavy atom. The van der Waals surface area contributed by atoms with E-state index in [0.29, 0.717) is 11.7 Å². The fraction of sp³-hybridized carbons (Fsp3) is 0.318. The number of para-hydroxylation sites is 2. The Kier molecular flexibility index (Phi) is 5.14. The van der Waals surface area contributed by atoms with Crippen LogP contribution in [0.5, 0.6) is 0 Å². The summed E-state index contributed by atoms with van der Waals surface area (Å²) in [6.07, 6.45) is 2.88. The molecule has 1 saturated heterocycles. The zero-order chi connectivity index (χ0) is 20.5. The molecule has 4 aromatic rings. The van der Waals surface area contributed by atoms with Gasteiger partial charge in [0.1, 0.15) is 5.52 Å². The lowest BCUT2D eigenvalue weighted by atomic mass is 10.2. The summed E-state index contributed by atoms with van der Waals surface area (Å²) < 4.78 is 3.90. The van der Waals surface area contributed by atoms with Gasteiger partial charge in [0, 0.05) is 38.9 Å². The van der Waals surface area contributed by atoms with Crippen LogP contribution in [0.15, 0.2) is 59.5 Å². The maximum Gasteiger partial charge on any atom is 0.275 e. The minimum Gasteiger partial charge on any atom is -0.353 e. The fourth-order valence-electron chi connectivity index (χ4n) is 4.26. The van der Waals surface area contributed by atoms with E-state index in [-0.39, 0.29) is 5.56 Å². The van der Waals surface area contributed by atoms with Crippen LogP contribution in [0, 0.1) is 0 Å². The highest BCUT2D eigenvalue weighted by Gasteiger charge is 2.18. The highest BCUT2D eigenvalue weighted by Crippen LogP contribution is 2.17. The molecular weight excluding hydrogens is 400 g/mol. The average Bonchev–Trinajstić information content (AvgIpc) is 3.28. The van der Waals surface area contributed by atoms with Gasteiger partial charge in [-0.2, -0.15) is 0 Å². The van der Waals surface area contributed by atoms with Gasteiger partial charge in [-0.3, -0.25) is 9.69 Å². The topological polar surface area (TPSA) is 58.7 Å². The Bertz CT molecular complexity index is 1220. The molecule has 0 aliphatic carbocycles. The molecule has 154 valence electrons. The smallest absolute Gasteiger partial charge is 0.275 e. The molecule has 1 aliphatic heterocycles. The van der Waals surface area contributed by atoms with E-state index in [9.17, 15) is 4.79 Å². The molecule has 7 nitrogen and oxygen atoms in total. The molecule has 0 amide bonds. The van der Waals surface area contributed by atoms with E-state index >= 15 is 0 Å². The molecule has 0 unspecified atom stereocenters. The third-order valence-electron chi connectivity index (χ3n) is 5.82. The molecule has 5 rings (SSSR count). The zero-order valence-electron chi connectivity index (χ0n) is 16.6. The minimum atomic E-state index is 0.0739. The lowest BCUT2D eigenvalue weighted by Crippen LogP contribution is -2.47. The molecule has 1 fully saturated rings. The largest absolute Gasteiger partial charge is 0.353 e. The average molecular weight is 423 g/mol. The van der Waals surface area contributed by atoms with Crippen molar-refractivity contribution in [2.24, 2.45) is 0 Å². The maximum atomic E-state index is 13.0. The first-order chi connectivity index (χ1) is 14.7. The van der Waals surface area contributed by atoms with Gasteiger partial charge in [0.2, 0.25) is 0 Å². The highest BCUT2D eigenvalue weighted by atomic mass is 35.5. The number of halogens is 1. The predicted octanol–water partition coefficient (Wildman–Crippen LogP) is 2.91. The van der Waals surface area contributed by atoms with Crippen molar-refractivity contribution in [3.63, 3.8) is 0 Å². The van der Waals surface area contributed by atoms with Crippen molar-refractivity contribution in [3.8, 4) is 0 Å². The van der Waals surface area contributed by atoms with Crippen molar-refractivity contribution in [2.45, 2.75) is 13.0 Å². The molecule has 0 bridgehead atoms. The van der Waals surface area contributed by atoms with E-state index in [1.807, 2.05) is 51.6 Å². The molecule has 0 spiro atoms. The van der Waals surface area contributed by atoms with Crippen LogP contribution in [-0.4, -0.2) is 56.8 Å². The molecule has 1 aliphatic rings.